The van der Waals surface area contributed by atoms with Gasteiger partial charge in [0.05, 0.1) is 17.3 Å². The number of aryl methyl sites for hydroxylation is 1. The lowest BCUT2D eigenvalue weighted by atomic mass is 10.3. The molecule has 8 heteroatoms. The molecule has 0 saturated carbocycles. The zero-order valence-corrected chi connectivity index (χ0v) is 15.7. The van der Waals surface area contributed by atoms with Gasteiger partial charge in [-0.15, -0.1) is 0 Å². The van der Waals surface area contributed by atoms with Crippen molar-refractivity contribution >= 4 is 32.5 Å². The van der Waals surface area contributed by atoms with Crippen LogP contribution in [-0.2, 0) is 6.54 Å². The molecular formula is C18H21N5O2S. The van der Waals surface area contributed by atoms with Gasteiger partial charge in [0.2, 0.25) is 0 Å². The molecule has 4 rings (SSSR count). The van der Waals surface area contributed by atoms with E-state index in [2.05, 4.69) is 21.0 Å². The molecule has 1 aliphatic heterocycles. The molecule has 7 nitrogen and oxygen atoms in total. The molecule has 0 amide bonds. The molecule has 1 fully saturated rings. The summed E-state index contributed by atoms with van der Waals surface area (Å²) in [5, 5.41) is 5.49. The van der Waals surface area contributed by atoms with Crippen LogP contribution in [0.15, 0.2) is 35.1 Å². The van der Waals surface area contributed by atoms with Gasteiger partial charge in [-0.3, -0.25) is 4.79 Å². The first-order valence-electron chi connectivity index (χ1n) is 8.70. The van der Waals surface area contributed by atoms with Gasteiger partial charge < -0.3 is 14.5 Å². The van der Waals surface area contributed by atoms with Crippen LogP contribution in [-0.4, -0.2) is 48.1 Å². The highest BCUT2D eigenvalue weighted by Gasteiger charge is 2.21. The maximum atomic E-state index is 11.7. The maximum Gasteiger partial charge on any atom is 0.266 e. The predicted octanol–water partition coefficient (Wildman–Crippen LogP) is 2.21. The Morgan fingerprint density at radius 2 is 1.88 bits per heavy atom. The van der Waals surface area contributed by atoms with Crippen molar-refractivity contribution in [1.82, 2.24) is 14.8 Å². The standard InChI is InChI=1S/C18H21N5O2S/c1-3-23-17(24)7-6-16(20-23)21-8-10-22(11-9-21)18-19-14-12-13(25-2)4-5-15(14)26-18/h4-7,12H,3,8-11H2,1-2H3. The number of nitrogens with zero attached hydrogens (tertiary/aromatic N) is 5. The third kappa shape index (κ3) is 3.12. The fourth-order valence-electron chi connectivity index (χ4n) is 3.12. The molecule has 1 aromatic carbocycles. The highest BCUT2D eigenvalue weighted by molar-refractivity contribution is 7.22. The van der Waals surface area contributed by atoms with Crippen LogP contribution in [0.25, 0.3) is 10.2 Å². The van der Waals surface area contributed by atoms with E-state index in [4.69, 9.17) is 9.72 Å². The average molecular weight is 371 g/mol. The van der Waals surface area contributed by atoms with Gasteiger partial charge in [0, 0.05) is 44.9 Å². The number of benzene rings is 1. The van der Waals surface area contributed by atoms with Crippen molar-refractivity contribution in [3.8, 4) is 5.75 Å². The molecular weight excluding hydrogens is 350 g/mol. The summed E-state index contributed by atoms with van der Waals surface area (Å²) in [4.78, 5) is 21.0. The molecule has 3 heterocycles. The monoisotopic (exact) mass is 371 g/mol. The molecule has 26 heavy (non-hydrogen) atoms. The summed E-state index contributed by atoms with van der Waals surface area (Å²) in [6.45, 7) is 5.98. The summed E-state index contributed by atoms with van der Waals surface area (Å²) in [6, 6.07) is 9.41. The molecule has 0 radical (unpaired) electrons. The predicted molar refractivity (Wildman–Crippen MR) is 105 cm³/mol. The van der Waals surface area contributed by atoms with E-state index in [0.29, 0.717) is 6.54 Å². The van der Waals surface area contributed by atoms with Crippen LogP contribution >= 0.6 is 11.3 Å². The van der Waals surface area contributed by atoms with Gasteiger partial charge in [-0.05, 0) is 25.1 Å². The van der Waals surface area contributed by atoms with E-state index >= 15 is 0 Å². The molecule has 3 aromatic rings. The largest absolute Gasteiger partial charge is 0.497 e. The maximum absolute atomic E-state index is 11.7. The van der Waals surface area contributed by atoms with Crippen LogP contribution in [0.1, 0.15) is 6.92 Å². The van der Waals surface area contributed by atoms with Crippen molar-refractivity contribution in [2.24, 2.45) is 0 Å². The fraction of sp³-hybridized carbons (Fsp3) is 0.389. The Labute approximate surface area is 155 Å². The Bertz CT molecular complexity index is 975. The number of hydrogen-bond acceptors (Lipinski definition) is 7. The van der Waals surface area contributed by atoms with E-state index in [9.17, 15) is 4.79 Å². The summed E-state index contributed by atoms with van der Waals surface area (Å²) in [7, 11) is 1.67. The van der Waals surface area contributed by atoms with E-state index in [1.165, 1.54) is 9.38 Å². The smallest absolute Gasteiger partial charge is 0.266 e. The van der Waals surface area contributed by atoms with Gasteiger partial charge in [-0.2, -0.15) is 5.10 Å². The second kappa shape index (κ2) is 6.95. The van der Waals surface area contributed by atoms with Crippen LogP contribution in [0.3, 0.4) is 0 Å². The lowest BCUT2D eigenvalue weighted by Crippen LogP contribution is -2.47. The van der Waals surface area contributed by atoms with Crippen molar-refractivity contribution in [3.05, 3.63) is 40.7 Å². The summed E-state index contributed by atoms with van der Waals surface area (Å²) in [6.07, 6.45) is 0. The minimum atomic E-state index is -0.0558. The summed E-state index contributed by atoms with van der Waals surface area (Å²) >= 11 is 1.71. The van der Waals surface area contributed by atoms with Crippen LogP contribution in [0.4, 0.5) is 10.9 Å². The van der Waals surface area contributed by atoms with Gasteiger partial charge >= 0.3 is 0 Å². The molecule has 0 spiro atoms. The van der Waals surface area contributed by atoms with Crippen molar-refractivity contribution in [3.63, 3.8) is 0 Å². The Kier molecular flexibility index (Phi) is 4.50. The molecule has 136 valence electrons. The number of anilines is 2. The van der Waals surface area contributed by atoms with E-state index in [1.807, 2.05) is 25.1 Å². The second-order valence-electron chi connectivity index (χ2n) is 6.15. The highest BCUT2D eigenvalue weighted by Crippen LogP contribution is 2.31. The lowest BCUT2D eigenvalue weighted by Gasteiger charge is -2.35. The minimum Gasteiger partial charge on any atom is -0.497 e. The topological polar surface area (TPSA) is 63.5 Å². The Morgan fingerprint density at radius 1 is 1.12 bits per heavy atom. The quantitative estimate of drug-likeness (QED) is 0.701. The molecule has 1 saturated heterocycles. The zero-order chi connectivity index (χ0) is 18.1. The van der Waals surface area contributed by atoms with Gasteiger partial charge in [-0.25, -0.2) is 9.67 Å². The van der Waals surface area contributed by atoms with Crippen molar-refractivity contribution in [2.45, 2.75) is 13.5 Å². The summed E-state index contributed by atoms with van der Waals surface area (Å²) in [5.41, 5.74) is 0.920. The molecule has 2 aromatic heterocycles. The molecule has 1 aliphatic rings. The van der Waals surface area contributed by atoms with Crippen molar-refractivity contribution in [1.29, 1.82) is 0 Å². The van der Waals surface area contributed by atoms with Crippen LogP contribution in [0.5, 0.6) is 5.75 Å². The molecule has 0 unspecified atom stereocenters. The number of hydrogen-bond donors (Lipinski definition) is 0. The Morgan fingerprint density at radius 3 is 2.62 bits per heavy atom. The second-order valence-corrected chi connectivity index (χ2v) is 7.16. The number of methoxy groups -OCH3 is 1. The third-order valence-corrected chi connectivity index (χ3v) is 5.71. The average Bonchev–Trinajstić information content (AvgIpc) is 3.11. The fourth-order valence-corrected chi connectivity index (χ4v) is 4.12. The van der Waals surface area contributed by atoms with E-state index < -0.39 is 0 Å². The van der Waals surface area contributed by atoms with E-state index in [1.54, 1.807) is 24.5 Å². The third-order valence-electron chi connectivity index (χ3n) is 4.61. The first kappa shape index (κ1) is 16.8. The number of thiazole rings is 1. The SMILES string of the molecule is CCn1nc(N2CCN(c3nc4cc(OC)ccc4s3)CC2)ccc1=O. The Balaban J connectivity index is 1.49. The van der Waals surface area contributed by atoms with Gasteiger partial charge in [-0.1, -0.05) is 11.3 Å². The van der Waals surface area contributed by atoms with E-state index in [-0.39, 0.29) is 5.56 Å². The first-order chi connectivity index (χ1) is 12.7. The van der Waals surface area contributed by atoms with Crippen molar-refractivity contribution < 1.29 is 4.74 Å². The molecule has 0 bridgehead atoms. The van der Waals surface area contributed by atoms with Crippen LogP contribution < -0.4 is 20.1 Å². The van der Waals surface area contributed by atoms with Gasteiger partial charge in [0.15, 0.2) is 5.13 Å². The molecule has 0 atom stereocenters. The van der Waals surface area contributed by atoms with Crippen LogP contribution in [0, 0.1) is 0 Å². The normalized spacial score (nSPS) is 14.8. The number of rotatable bonds is 4. The number of fused-ring (bicyclic) bond motifs is 1. The molecule has 0 aliphatic carbocycles. The Hall–Kier alpha value is -2.61. The zero-order valence-electron chi connectivity index (χ0n) is 14.9. The number of piperazine rings is 1. The van der Waals surface area contributed by atoms with Gasteiger partial charge in [0.1, 0.15) is 11.6 Å². The van der Waals surface area contributed by atoms with Crippen LogP contribution in [0.2, 0.25) is 0 Å². The highest BCUT2D eigenvalue weighted by atomic mass is 32.1. The summed E-state index contributed by atoms with van der Waals surface area (Å²) < 4.78 is 7.95. The van der Waals surface area contributed by atoms with E-state index in [0.717, 1.165) is 48.4 Å². The first-order valence-corrected chi connectivity index (χ1v) is 9.52. The minimum absolute atomic E-state index is 0.0558. The van der Waals surface area contributed by atoms with Crippen molar-refractivity contribution in [2.75, 3.05) is 43.1 Å². The van der Waals surface area contributed by atoms with Gasteiger partial charge in [0.25, 0.3) is 5.56 Å². The molecule has 0 N–H and O–H groups in total. The number of aromatic nitrogens is 3. The number of ether oxygens (including phenoxy) is 1. The summed E-state index contributed by atoms with van der Waals surface area (Å²) in [5.74, 6) is 1.69. The lowest BCUT2D eigenvalue weighted by molar-refractivity contribution is 0.415.